The number of halogens is 2. The molecule has 110 valence electrons. The van der Waals surface area contributed by atoms with Crippen molar-refractivity contribution in [2.24, 2.45) is 0 Å². The molecule has 0 aliphatic carbocycles. The molecular formula is C17H17BrFNO. The lowest BCUT2D eigenvalue weighted by Crippen LogP contribution is -2.43. The summed E-state index contributed by atoms with van der Waals surface area (Å²) < 4.78 is 14.8. The Kier molecular flexibility index (Phi) is 4.00. The SMILES string of the molecule is OC1(c2cc(Br)ccc2F)CCN(c2ccccc2)CC1. The van der Waals surface area contributed by atoms with Gasteiger partial charge < -0.3 is 10.0 Å². The summed E-state index contributed by atoms with van der Waals surface area (Å²) in [6.45, 7) is 1.43. The van der Waals surface area contributed by atoms with Crippen molar-refractivity contribution < 1.29 is 9.50 Å². The zero-order valence-electron chi connectivity index (χ0n) is 11.6. The van der Waals surface area contributed by atoms with Gasteiger partial charge in [0.25, 0.3) is 0 Å². The van der Waals surface area contributed by atoms with Gasteiger partial charge in [-0.15, -0.1) is 0 Å². The minimum atomic E-state index is -1.08. The fraction of sp³-hybridized carbons (Fsp3) is 0.294. The molecule has 0 spiro atoms. The molecular weight excluding hydrogens is 333 g/mol. The number of rotatable bonds is 2. The molecule has 21 heavy (non-hydrogen) atoms. The molecule has 0 radical (unpaired) electrons. The number of para-hydroxylation sites is 1. The van der Waals surface area contributed by atoms with E-state index in [1.807, 2.05) is 18.2 Å². The molecule has 0 atom stereocenters. The van der Waals surface area contributed by atoms with Gasteiger partial charge in [0.2, 0.25) is 0 Å². The Hall–Kier alpha value is -1.39. The smallest absolute Gasteiger partial charge is 0.129 e. The predicted molar refractivity (Wildman–Crippen MR) is 85.9 cm³/mol. The number of benzene rings is 2. The third-order valence-corrected chi connectivity index (χ3v) is 4.63. The zero-order chi connectivity index (χ0) is 14.9. The Morgan fingerprint density at radius 2 is 1.71 bits per heavy atom. The van der Waals surface area contributed by atoms with Gasteiger partial charge in [-0.25, -0.2) is 4.39 Å². The van der Waals surface area contributed by atoms with E-state index >= 15 is 0 Å². The van der Waals surface area contributed by atoms with Gasteiger partial charge in [-0.2, -0.15) is 0 Å². The molecule has 4 heteroatoms. The third-order valence-electron chi connectivity index (χ3n) is 4.14. The minimum absolute atomic E-state index is 0.339. The van der Waals surface area contributed by atoms with Crippen molar-refractivity contribution >= 4 is 21.6 Å². The zero-order valence-corrected chi connectivity index (χ0v) is 13.2. The Morgan fingerprint density at radius 3 is 2.38 bits per heavy atom. The molecule has 0 bridgehead atoms. The number of hydrogen-bond acceptors (Lipinski definition) is 2. The van der Waals surface area contributed by atoms with E-state index in [4.69, 9.17) is 0 Å². The molecule has 1 aliphatic rings. The number of anilines is 1. The van der Waals surface area contributed by atoms with Gasteiger partial charge in [0, 0.05) is 28.8 Å². The molecule has 0 aromatic heterocycles. The topological polar surface area (TPSA) is 23.5 Å². The van der Waals surface area contributed by atoms with Crippen LogP contribution in [0.5, 0.6) is 0 Å². The Bertz CT molecular complexity index is 624. The average molecular weight is 350 g/mol. The van der Waals surface area contributed by atoms with E-state index < -0.39 is 5.60 Å². The number of aliphatic hydroxyl groups is 1. The van der Waals surface area contributed by atoms with Crippen LogP contribution in [0.1, 0.15) is 18.4 Å². The number of piperidine rings is 1. The summed E-state index contributed by atoms with van der Waals surface area (Å²) in [5, 5.41) is 10.8. The molecule has 0 amide bonds. The van der Waals surface area contributed by atoms with E-state index in [0.29, 0.717) is 31.5 Å². The minimum Gasteiger partial charge on any atom is -0.385 e. The van der Waals surface area contributed by atoms with Crippen LogP contribution in [0.3, 0.4) is 0 Å². The summed E-state index contributed by atoms with van der Waals surface area (Å²) in [4.78, 5) is 2.23. The maximum Gasteiger partial charge on any atom is 0.129 e. The van der Waals surface area contributed by atoms with Crippen LogP contribution in [0.2, 0.25) is 0 Å². The molecule has 0 unspecified atom stereocenters. The molecule has 1 heterocycles. The summed E-state index contributed by atoms with van der Waals surface area (Å²) in [7, 11) is 0. The summed E-state index contributed by atoms with van der Waals surface area (Å²) in [5.41, 5.74) is 0.456. The van der Waals surface area contributed by atoms with Gasteiger partial charge in [0.05, 0.1) is 5.60 Å². The van der Waals surface area contributed by atoms with Crippen LogP contribution in [0.15, 0.2) is 53.0 Å². The second-order valence-corrected chi connectivity index (χ2v) is 6.39. The van der Waals surface area contributed by atoms with E-state index in [0.717, 1.165) is 10.2 Å². The molecule has 2 aromatic carbocycles. The summed E-state index contributed by atoms with van der Waals surface area (Å²) in [6, 6.07) is 14.9. The fourth-order valence-corrected chi connectivity index (χ4v) is 3.26. The maximum atomic E-state index is 14.0. The molecule has 1 N–H and O–H groups in total. The number of nitrogens with zero attached hydrogens (tertiary/aromatic N) is 1. The fourth-order valence-electron chi connectivity index (χ4n) is 2.90. The first kappa shape index (κ1) is 14.5. The monoisotopic (exact) mass is 349 g/mol. The first-order chi connectivity index (χ1) is 10.1. The quantitative estimate of drug-likeness (QED) is 0.882. The Balaban J connectivity index is 1.79. The molecule has 0 saturated carbocycles. The largest absolute Gasteiger partial charge is 0.385 e. The predicted octanol–water partition coefficient (Wildman–Crippen LogP) is 4.08. The van der Waals surface area contributed by atoms with Crippen LogP contribution in [0.25, 0.3) is 0 Å². The van der Waals surface area contributed by atoms with Gasteiger partial charge in [-0.3, -0.25) is 0 Å². The van der Waals surface area contributed by atoms with Gasteiger partial charge in [-0.1, -0.05) is 34.1 Å². The van der Waals surface area contributed by atoms with Crippen LogP contribution in [-0.4, -0.2) is 18.2 Å². The van der Waals surface area contributed by atoms with Gasteiger partial charge >= 0.3 is 0 Å². The highest BCUT2D eigenvalue weighted by Crippen LogP contribution is 2.36. The van der Waals surface area contributed by atoms with Crippen LogP contribution in [0.4, 0.5) is 10.1 Å². The maximum absolute atomic E-state index is 14.0. The van der Waals surface area contributed by atoms with Crippen molar-refractivity contribution in [1.29, 1.82) is 0 Å². The molecule has 3 rings (SSSR count). The van der Waals surface area contributed by atoms with E-state index in [-0.39, 0.29) is 5.82 Å². The third kappa shape index (κ3) is 2.97. The van der Waals surface area contributed by atoms with Crippen molar-refractivity contribution in [3.63, 3.8) is 0 Å². The molecule has 2 aromatic rings. The highest BCUT2D eigenvalue weighted by atomic mass is 79.9. The molecule has 1 fully saturated rings. The molecule has 2 nitrogen and oxygen atoms in total. The van der Waals surface area contributed by atoms with E-state index in [2.05, 4.69) is 33.0 Å². The average Bonchev–Trinajstić information content (AvgIpc) is 2.51. The van der Waals surface area contributed by atoms with Crippen molar-refractivity contribution in [1.82, 2.24) is 0 Å². The van der Waals surface area contributed by atoms with E-state index in [1.165, 1.54) is 6.07 Å². The van der Waals surface area contributed by atoms with Gasteiger partial charge in [-0.05, 0) is 43.2 Å². The first-order valence-electron chi connectivity index (χ1n) is 7.06. The number of hydrogen-bond donors (Lipinski definition) is 1. The van der Waals surface area contributed by atoms with Crippen LogP contribution < -0.4 is 4.90 Å². The summed E-state index contributed by atoms with van der Waals surface area (Å²) in [5.74, 6) is -0.339. The normalized spacial score (nSPS) is 17.8. The first-order valence-corrected chi connectivity index (χ1v) is 7.86. The van der Waals surface area contributed by atoms with Crippen molar-refractivity contribution in [2.45, 2.75) is 18.4 Å². The molecule has 1 saturated heterocycles. The summed E-state index contributed by atoms with van der Waals surface area (Å²) in [6.07, 6.45) is 1.05. The highest BCUT2D eigenvalue weighted by molar-refractivity contribution is 9.10. The Labute approximate surface area is 132 Å². The molecule has 1 aliphatic heterocycles. The highest BCUT2D eigenvalue weighted by Gasteiger charge is 2.36. The second-order valence-electron chi connectivity index (χ2n) is 5.48. The van der Waals surface area contributed by atoms with Crippen LogP contribution >= 0.6 is 15.9 Å². The van der Waals surface area contributed by atoms with Gasteiger partial charge in [0.15, 0.2) is 0 Å². The van der Waals surface area contributed by atoms with Crippen LogP contribution in [-0.2, 0) is 5.60 Å². The Morgan fingerprint density at radius 1 is 1.05 bits per heavy atom. The van der Waals surface area contributed by atoms with E-state index in [9.17, 15) is 9.50 Å². The lowest BCUT2D eigenvalue weighted by Gasteiger charge is -2.39. The lowest BCUT2D eigenvalue weighted by atomic mass is 9.84. The van der Waals surface area contributed by atoms with Crippen molar-refractivity contribution in [3.05, 3.63) is 64.4 Å². The van der Waals surface area contributed by atoms with E-state index in [1.54, 1.807) is 12.1 Å². The second kappa shape index (κ2) is 5.78. The lowest BCUT2D eigenvalue weighted by molar-refractivity contribution is 0.00844. The van der Waals surface area contributed by atoms with Crippen molar-refractivity contribution in [3.8, 4) is 0 Å². The standard InChI is InChI=1S/C17H17BrFNO/c18-13-6-7-16(19)15(12-13)17(21)8-10-20(11-9-17)14-4-2-1-3-5-14/h1-7,12,21H,8-11H2. The van der Waals surface area contributed by atoms with Crippen LogP contribution in [0, 0.1) is 5.82 Å². The van der Waals surface area contributed by atoms with Gasteiger partial charge in [0.1, 0.15) is 5.82 Å². The van der Waals surface area contributed by atoms with Crippen molar-refractivity contribution in [2.75, 3.05) is 18.0 Å². The summed E-state index contributed by atoms with van der Waals surface area (Å²) >= 11 is 3.35.